The van der Waals surface area contributed by atoms with Gasteiger partial charge in [0.2, 0.25) is 5.91 Å². The van der Waals surface area contributed by atoms with Crippen molar-refractivity contribution >= 4 is 50.7 Å². The van der Waals surface area contributed by atoms with E-state index in [1.165, 1.54) is 48.2 Å². The SMILES string of the molecule is Cc1ccc(NS(=O)(=O)c2ccc(NC(=O)CSCc3c(F)cccc3Cl)cc2)c(C)c1. The summed E-state index contributed by atoms with van der Waals surface area (Å²) in [6, 6.07) is 15.8. The van der Waals surface area contributed by atoms with Crippen molar-refractivity contribution in [1.82, 2.24) is 0 Å². The van der Waals surface area contributed by atoms with Crippen LogP contribution in [0.15, 0.2) is 65.6 Å². The second-order valence-electron chi connectivity index (χ2n) is 7.19. The molecule has 0 saturated carbocycles. The summed E-state index contributed by atoms with van der Waals surface area (Å²) in [6.07, 6.45) is 0. The molecular formula is C23H22ClFN2O3S2. The molecule has 2 N–H and O–H groups in total. The zero-order valence-corrected chi connectivity index (χ0v) is 19.9. The summed E-state index contributed by atoms with van der Waals surface area (Å²) in [5.74, 6) is -0.331. The van der Waals surface area contributed by atoms with E-state index in [0.29, 0.717) is 22.0 Å². The minimum absolute atomic E-state index is 0.0824. The number of carbonyl (C=O) groups excluding carboxylic acids is 1. The first-order valence-corrected chi connectivity index (χ1v) is 12.7. The van der Waals surface area contributed by atoms with Gasteiger partial charge in [-0.2, -0.15) is 0 Å². The quantitative estimate of drug-likeness (QED) is 0.418. The van der Waals surface area contributed by atoms with Gasteiger partial charge in [-0.25, -0.2) is 12.8 Å². The van der Waals surface area contributed by atoms with Gasteiger partial charge in [0, 0.05) is 22.0 Å². The molecule has 0 fully saturated rings. The molecule has 0 unspecified atom stereocenters. The molecule has 32 heavy (non-hydrogen) atoms. The Bertz CT molecular complexity index is 1210. The molecule has 0 radical (unpaired) electrons. The molecule has 0 aromatic heterocycles. The van der Waals surface area contributed by atoms with Gasteiger partial charge in [-0.3, -0.25) is 9.52 Å². The van der Waals surface area contributed by atoms with Crippen LogP contribution in [0.1, 0.15) is 16.7 Å². The fourth-order valence-electron chi connectivity index (χ4n) is 2.96. The van der Waals surface area contributed by atoms with Crippen molar-refractivity contribution in [2.45, 2.75) is 24.5 Å². The second-order valence-corrected chi connectivity index (χ2v) is 10.3. The van der Waals surface area contributed by atoms with Crippen LogP contribution in [0, 0.1) is 19.7 Å². The average molecular weight is 493 g/mol. The first-order chi connectivity index (χ1) is 15.2. The molecule has 3 rings (SSSR count). The van der Waals surface area contributed by atoms with Crippen molar-refractivity contribution in [2.24, 2.45) is 0 Å². The summed E-state index contributed by atoms with van der Waals surface area (Å²) >= 11 is 7.22. The standard InChI is InChI=1S/C23H22ClFN2O3S2/c1-15-6-11-22(16(2)12-15)27-32(29,30)18-9-7-17(8-10-18)26-23(28)14-31-13-19-20(24)4-3-5-21(19)25/h3-12,27H,13-14H2,1-2H3,(H,26,28). The van der Waals surface area contributed by atoms with Crippen molar-refractivity contribution in [3.8, 4) is 0 Å². The topological polar surface area (TPSA) is 75.3 Å². The predicted octanol–water partition coefficient (Wildman–Crippen LogP) is 5.77. The number of sulfonamides is 1. The van der Waals surface area contributed by atoms with E-state index in [2.05, 4.69) is 10.0 Å². The number of halogens is 2. The van der Waals surface area contributed by atoms with E-state index in [4.69, 9.17) is 11.6 Å². The molecule has 3 aromatic rings. The molecule has 0 bridgehead atoms. The van der Waals surface area contributed by atoms with Crippen molar-refractivity contribution in [2.75, 3.05) is 15.8 Å². The summed E-state index contributed by atoms with van der Waals surface area (Å²) in [6.45, 7) is 3.77. The van der Waals surface area contributed by atoms with Crippen LogP contribution in [0.2, 0.25) is 5.02 Å². The Balaban J connectivity index is 1.57. The number of anilines is 2. The highest BCUT2D eigenvalue weighted by atomic mass is 35.5. The largest absolute Gasteiger partial charge is 0.325 e. The Hall–Kier alpha value is -2.55. The average Bonchev–Trinajstić information content (AvgIpc) is 2.73. The summed E-state index contributed by atoms with van der Waals surface area (Å²) in [7, 11) is -3.76. The number of nitrogens with one attached hydrogen (secondary N) is 2. The van der Waals surface area contributed by atoms with Gasteiger partial charge >= 0.3 is 0 Å². The van der Waals surface area contributed by atoms with E-state index in [9.17, 15) is 17.6 Å². The Morgan fingerprint density at radius 1 is 1.06 bits per heavy atom. The fourth-order valence-corrected chi connectivity index (χ4v) is 5.26. The van der Waals surface area contributed by atoms with Crippen molar-refractivity contribution in [3.05, 3.63) is 88.2 Å². The van der Waals surface area contributed by atoms with E-state index >= 15 is 0 Å². The first kappa shape index (κ1) is 24.1. The lowest BCUT2D eigenvalue weighted by Gasteiger charge is -2.12. The summed E-state index contributed by atoms with van der Waals surface area (Å²) < 4.78 is 41.7. The zero-order chi connectivity index (χ0) is 23.3. The minimum Gasteiger partial charge on any atom is -0.325 e. The van der Waals surface area contributed by atoms with Crippen molar-refractivity contribution in [3.63, 3.8) is 0 Å². The van der Waals surface area contributed by atoms with E-state index in [1.807, 2.05) is 26.0 Å². The lowest BCUT2D eigenvalue weighted by molar-refractivity contribution is -0.113. The molecule has 0 aliphatic carbocycles. The number of hydrogen-bond acceptors (Lipinski definition) is 4. The molecular weight excluding hydrogens is 471 g/mol. The maximum Gasteiger partial charge on any atom is 0.261 e. The Morgan fingerprint density at radius 3 is 2.44 bits per heavy atom. The van der Waals surface area contributed by atoms with Crippen LogP contribution in [0.5, 0.6) is 0 Å². The maximum atomic E-state index is 13.8. The van der Waals surface area contributed by atoms with Crippen LogP contribution in [0.25, 0.3) is 0 Å². The minimum atomic E-state index is -3.76. The van der Waals surface area contributed by atoms with E-state index in [-0.39, 0.29) is 22.3 Å². The first-order valence-electron chi connectivity index (χ1n) is 9.66. The molecule has 0 heterocycles. The molecule has 0 spiro atoms. The highest BCUT2D eigenvalue weighted by Crippen LogP contribution is 2.25. The number of carbonyl (C=O) groups is 1. The number of hydrogen-bond donors (Lipinski definition) is 2. The number of amides is 1. The lowest BCUT2D eigenvalue weighted by Crippen LogP contribution is -2.15. The summed E-state index contributed by atoms with van der Waals surface area (Å²) in [5, 5.41) is 3.02. The van der Waals surface area contributed by atoms with E-state index in [0.717, 1.165) is 11.1 Å². The van der Waals surface area contributed by atoms with Gasteiger partial charge in [0.15, 0.2) is 0 Å². The third-order valence-corrected chi connectivity index (χ3v) is 7.31. The van der Waals surface area contributed by atoms with Crippen molar-refractivity contribution < 1.29 is 17.6 Å². The molecule has 0 aliphatic rings. The van der Waals surface area contributed by atoms with Crippen LogP contribution < -0.4 is 10.0 Å². The fraction of sp³-hybridized carbons (Fsp3) is 0.174. The third kappa shape index (κ3) is 6.25. The molecule has 9 heteroatoms. The van der Waals surface area contributed by atoms with Gasteiger partial charge in [0.1, 0.15) is 5.82 Å². The Kier molecular flexibility index (Phi) is 7.82. The summed E-state index contributed by atoms with van der Waals surface area (Å²) in [4.78, 5) is 12.3. The molecule has 3 aromatic carbocycles. The Morgan fingerprint density at radius 2 is 1.78 bits per heavy atom. The monoisotopic (exact) mass is 492 g/mol. The molecule has 168 valence electrons. The molecule has 5 nitrogen and oxygen atoms in total. The third-order valence-electron chi connectivity index (χ3n) is 4.62. The van der Waals surface area contributed by atoms with Gasteiger partial charge in [0.25, 0.3) is 10.0 Å². The van der Waals surface area contributed by atoms with E-state index in [1.54, 1.807) is 12.1 Å². The number of rotatable bonds is 8. The smallest absolute Gasteiger partial charge is 0.261 e. The maximum absolute atomic E-state index is 13.8. The van der Waals surface area contributed by atoms with Crippen LogP contribution in [-0.4, -0.2) is 20.1 Å². The predicted molar refractivity (Wildman–Crippen MR) is 129 cm³/mol. The summed E-state index contributed by atoms with van der Waals surface area (Å²) in [5.41, 5.74) is 3.20. The van der Waals surface area contributed by atoms with Crippen LogP contribution >= 0.6 is 23.4 Å². The van der Waals surface area contributed by atoms with Crippen LogP contribution in [-0.2, 0) is 20.6 Å². The van der Waals surface area contributed by atoms with Crippen LogP contribution in [0.4, 0.5) is 15.8 Å². The van der Waals surface area contributed by atoms with Gasteiger partial charge in [-0.15, -0.1) is 11.8 Å². The van der Waals surface area contributed by atoms with Gasteiger partial charge in [-0.1, -0.05) is 35.4 Å². The Labute approximate surface area is 196 Å². The van der Waals surface area contributed by atoms with Crippen molar-refractivity contribution in [1.29, 1.82) is 0 Å². The normalized spacial score (nSPS) is 11.2. The molecule has 0 saturated heterocycles. The lowest BCUT2D eigenvalue weighted by atomic mass is 10.1. The number of benzene rings is 3. The zero-order valence-electron chi connectivity index (χ0n) is 17.5. The number of thioether (sulfide) groups is 1. The molecule has 1 amide bonds. The number of aryl methyl sites for hydroxylation is 2. The second kappa shape index (κ2) is 10.4. The van der Waals surface area contributed by atoms with Gasteiger partial charge < -0.3 is 5.32 Å². The van der Waals surface area contributed by atoms with E-state index < -0.39 is 15.8 Å². The van der Waals surface area contributed by atoms with Crippen LogP contribution in [0.3, 0.4) is 0 Å². The van der Waals surface area contributed by atoms with Gasteiger partial charge in [0.05, 0.1) is 16.3 Å². The highest BCUT2D eigenvalue weighted by molar-refractivity contribution is 7.99. The molecule has 0 aliphatic heterocycles. The van der Waals surface area contributed by atoms with Gasteiger partial charge in [-0.05, 0) is 61.9 Å². The molecule has 0 atom stereocenters. The highest BCUT2D eigenvalue weighted by Gasteiger charge is 2.16.